The molecular formula is C18H18N4O3. The molecule has 0 atom stereocenters. The molecule has 7 heteroatoms. The van der Waals surface area contributed by atoms with Crippen molar-refractivity contribution in [3.63, 3.8) is 0 Å². The first-order valence-corrected chi connectivity index (χ1v) is 7.93. The standard InChI is InChI=1S/C18H18N4O3/c1-22-11-12(6-9-17(22)24)10-19-16(23)8-7-15-18(25)21-14-5-3-2-4-13(14)20-15/h2-6,9,11H,7-8,10H2,1H3,(H,19,23)(H,21,25). The molecular weight excluding hydrogens is 320 g/mol. The van der Waals surface area contributed by atoms with Crippen LogP contribution in [0.2, 0.25) is 0 Å². The minimum absolute atomic E-state index is 0.100. The summed E-state index contributed by atoms with van der Waals surface area (Å²) in [5, 5.41) is 2.78. The van der Waals surface area contributed by atoms with Gasteiger partial charge in [-0.15, -0.1) is 0 Å². The van der Waals surface area contributed by atoms with Gasteiger partial charge in [0.2, 0.25) is 11.5 Å². The number of aromatic amines is 1. The van der Waals surface area contributed by atoms with E-state index in [9.17, 15) is 14.4 Å². The van der Waals surface area contributed by atoms with Crippen LogP contribution in [0, 0.1) is 0 Å². The van der Waals surface area contributed by atoms with Crippen LogP contribution in [0.5, 0.6) is 0 Å². The number of H-pyrrole nitrogens is 1. The molecule has 7 nitrogen and oxygen atoms in total. The van der Waals surface area contributed by atoms with Gasteiger partial charge in [0.1, 0.15) is 5.69 Å². The van der Waals surface area contributed by atoms with Crippen LogP contribution in [0.1, 0.15) is 17.7 Å². The quantitative estimate of drug-likeness (QED) is 0.721. The number of fused-ring (bicyclic) bond motifs is 1. The Morgan fingerprint density at radius 2 is 2.00 bits per heavy atom. The van der Waals surface area contributed by atoms with Crippen LogP contribution in [0.25, 0.3) is 11.0 Å². The lowest BCUT2D eigenvalue weighted by atomic mass is 10.2. The van der Waals surface area contributed by atoms with Crippen LogP contribution < -0.4 is 16.4 Å². The molecule has 0 saturated carbocycles. The molecule has 0 spiro atoms. The second-order valence-electron chi connectivity index (χ2n) is 5.79. The van der Waals surface area contributed by atoms with E-state index in [1.54, 1.807) is 25.4 Å². The van der Waals surface area contributed by atoms with Gasteiger partial charge < -0.3 is 14.9 Å². The van der Waals surface area contributed by atoms with Crippen LogP contribution in [-0.2, 0) is 24.8 Å². The summed E-state index contributed by atoms with van der Waals surface area (Å²) in [6.45, 7) is 0.328. The Kier molecular flexibility index (Phi) is 4.74. The lowest BCUT2D eigenvalue weighted by Crippen LogP contribution is -2.25. The zero-order valence-corrected chi connectivity index (χ0v) is 13.8. The number of nitrogens with zero attached hydrogens (tertiary/aromatic N) is 2. The molecule has 128 valence electrons. The molecule has 25 heavy (non-hydrogen) atoms. The average molecular weight is 338 g/mol. The van der Waals surface area contributed by atoms with Gasteiger partial charge in [0.25, 0.3) is 5.56 Å². The smallest absolute Gasteiger partial charge is 0.270 e. The van der Waals surface area contributed by atoms with Gasteiger partial charge in [-0.05, 0) is 17.7 Å². The molecule has 0 aliphatic rings. The summed E-state index contributed by atoms with van der Waals surface area (Å²) in [6, 6.07) is 10.4. The highest BCUT2D eigenvalue weighted by molar-refractivity contribution is 5.76. The van der Waals surface area contributed by atoms with Crippen LogP contribution in [0.3, 0.4) is 0 Å². The maximum Gasteiger partial charge on any atom is 0.270 e. The number of carbonyl (C=O) groups is 1. The van der Waals surface area contributed by atoms with Gasteiger partial charge in [-0.1, -0.05) is 18.2 Å². The van der Waals surface area contributed by atoms with Crippen molar-refractivity contribution in [1.82, 2.24) is 19.9 Å². The maximum atomic E-state index is 12.0. The van der Waals surface area contributed by atoms with Crippen molar-refractivity contribution in [1.29, 1.82) is 0 Å². The van der Waals surface area contributed by atoms with Crippen LogP contribution in [-0.4, -0.2) is 20.4 Å². The number of benzene rings is 1. The van der Waals surface area contributed by atoms with Crippen molar-refractivity contribution in [2.75, 3.05) is 0 Å². The Morgan fingerprint density at radius 3 is 2.80 bits per heavy atom. The van der Waals surface area contributed by atoms with Crippen molar-refractivity contribution in [2.45, 2.75) is 19.4 Å². The van der Waals surface area contributed by atoms with Crippen LogP contribution in [0.4, 0.5) is 0 Å². The highest BCUT2D eigenvalue weighted by atomic mass is 16.1. The number of amides is 1. The molecule has 0 unspecified atom stereocenters. The third kappa shape index (κ3) is 4.00. The molecule has 3 rings (SSSR count). The van der Waals surface area contributed by atoms with Crippen molar-refractivity contribution < 1.29 is 4.79 Å². The zero-order valence-electron chi connectivity index (χ0n) is 13.8. The molecule has 1 amide bonds. The summed E-state index contributed by atoms with van der Waals surface area (Å²) in [7, 11) is 1.66. The molecule has 1 aromatic carbocycles. The second kappa shape index (κ2) is 7.12. The zero-order chi connectivity index (χ0) is 17.8. The van der Waals surface area contributed by atoms with E-state index < -0.39 is 0 Å². The third-order valence-electron chi connectivity index (χ3n) is 3.90. The van der Waals surface area contributed by atoms with Gasteiger partial charge >= 0.3 is 0 Å². The Labute approximate surface area is 143 Å². The van der Waals surface area contributed by atoms with E-state index >= 15 is 0 Å². The average Bonchev–Trinajstić information content (AvgIpc) is 2.61. The molecule has 0 aliphatic heterocycles. The Bertz CT molecular complexity index is 1040. The van der Waals surface area contributed by atoms with Gasteiger partial charge in [0.05, 0.1) is 11.0 Å². The first-order chi connectivity index (χ1) is 12.0. The number of rotatable bonds is 5. The fraction of sp³-hybridized carbons (Fsp3) is 0.222. The van der Waals surface area contributed by atoms with Gasteiger partial charge in [0, 0.05) is 38.7 Å². The molecule has 0 saturated heterocycles. The lowest BCUT2D eigenvalue weighted by Gasteiger charge is -2.07. The minimum atomic E-state index is -0.274. The van der Waals surface area contributed by atoms with Crippen molar-refractivity contribution >= 4 is 16.9 Å². The number of hydrogen-bond donors (Lipinski definition) is 2. The first-order valence-electron chi connectivity index (χ1n) is 7.93. The second-order valence-corrected chi connectivity index (χ2v) is 5.79. The van der Waals surface area contributed by atoms with E-state index in [-0.39, 0.29) is 29.9 Å². The highest BCUT2D eigenvalue weighted by Gasteiger charge is 2.08. The number of carbonyl (C=O) groups excluding carboxylic acids is 1. The van der Waals surface area contributed by atoms with E-state index in [1.165, 1.54) is 10.6 Å². The number of aromatic nitrogens is 3. The molecule has 0 radical (unpaired) electrons. The first kappa shape index (κ1) is 16.6. The summed E-state index contributed by atoms with van der Waals surface area (Å²) in [6.07, 6.45) is 2.11. The summed E-state index contributed by atoms with van der Waals surface area (Å²) < 4.78 is 1.46. The Morgan fingerprint density at radius 1 is 1.20 bits per heavy atom. The van der Waals surface area contributed by atoms with E-state index in [0.717, 1.165) is 5.56 Å². The van der Waals surface area contributed by atoms with E-state index in [4.69, 9.17) is 0 Å². The van der Waals surface area contributed by atoms with E-state index in [0.29, 0.717) is 23.3 Å². The summed E-state index contributed by atoms with van der Waals surface area (Å²) in [5.41, 5.74) is 2.17. The Hall–Kier alpha value is -3.22. The highest BCUT2D eigenvalue weighted by Crippen LogP contribution is 2.06. The van der Waals surface area contributed by atoms with E-state index in [1.807, 2.05) is 18.2 Å². The predicted molar refractivity (Wildman–Crippen MR) is 94.2 cm³/mol. The van der Waals surface area contributed by atoms with Gasteiger partial charge in [0.15, 0.2) is 0 Å². The molecule has 2 heterocycles. The van der Waals surface area contributed by atoms with Gasteiger partial charge in [-0.3, -0.25) is 14.4 Å². The largest absolute Gasteiger partial charge is 0.352 e. The summed E-state index contributed by atoms with van der Waals surface area (Å²) in [4.78, 5) is 42.4. The van der Waals surface area contributed by atoms with Crippen molar-refractivity contribution in [3.05, 3.63) is 74.6 Å². The van der Waals surface area contributed by atoms with Crippen LogP contribution in [0.15, 0.2) is 52.2 Å². The SMILES string of the molecule is Cn1cc(CNC(=O)CCc2nc3ccccc3[nH]c2=O)ccc1=O. The fourth-order valence-corrected chi connectivity index (χ4v) is 2.51. The normalized spacial score (nSPS) is 10.8. The van der Waals surface area contributed by atoms with Gasteiger partial charge in [-0.25, -0.2) is 4.98 Å². The topological polar surface area (TPSA) is 96.8 Å². The van der Waals surface area contributed by atoms with Gasteiger partial charge in [-0.2, -0.15) is 0 Å². The molecule has 0 fully saturated rings. The lowest BCUT2D eigenvalue weighted by molar-refractivity contribution is -0.121. The Balaban J connectivity index is 1.60. The number of hydrogen-bond acceptors (Lipinski definition) is 4. The van der Waals surface area contributed by atoms with Crippen molar-refractivity contribution in [3.8, 4) is 0 Å². The maximum absolute atomic E-state index is 12.0. The number of nitrogens with one attached hydrogen (secondary N) is 2. The fourth-order valence-electron chi connectivity index (χ4n) is 2.51. The molecule has 0 bridgehead atoms. The minimum Gasteiger partial charge on any atom is -0.352 e. The number of aryl methyl sites for hydroxylation is 2. The summed E-state index contributed by atoms with van der Waals surface area (Å²) in [5.74, 6) is -0.178. The molecule has 2 N–H and O–H groups in total. The van der Waals surface area contributed by atoms with Crippen LogP contribution >= 0.6 is 0 Å². The van der Waals surface area contributed by atoms with E-state index in [2.05, 4.69) is 15.3 Å². The number of para-hydroxylation sites is 2. The molecule has 2 aromatic heterocycles. The summed E-state index contributed by atoms with van der Waals surface area (Å²) >= 11 is 0. The predicted octanol–water partition coefficient (Wildman–Crippen LogP) is 0.871. The monoisotopic (exact) mass is 338 g/mol. The third-order valence-corrected chi connectivity index (χ3v) is 3.90. The number of pyridine rings is 1. The molecule has 3 aromatic rings. The molecule has 0 aliphatic carbocycles. The van der Waals surface area contributed by atoms with Crippen molar-refractivity contribution in [2.24, 2.45) is 7.05 Å².